The summed E-state index contributed by atoms with van der Waals surface area (Å²) in [6.07, 6.45) is 4.19. The van der Waals surface area contributed by atoms with Gasteiger partial charge >= 0.3 is 0 Å². The second-order valence-electron chi connectivity index (χ2n) is 4.66. The molecule has 4 heteroatoms. The molecule has 0 fully saturated rings. The van der Waals surface area contributed by atoms with Gasteiger partial charge in [0.1, 0.15) is 6.10 Å². The molecule has 4 nitrogen and oxygen atoms in total. The minimum atomic E-state index is -0.231. The zero-order chi connectivity index (χ0) is 13.7. The summed E-state index contributed by atoms with van der Waals surface area (Å²) in [5, 5.41) is 0. The number of rotatable bonds is 5. The number of nitrogens with two attached hydrogens (primary N) is 1. The standard InChI is InChI=1S/C15H19N3O/c1-11(16)8-12-9-17-15(18-10-12)14(19-2)13-6-4-3-5-7-13/h3-7,9-11,14H,8,16H2,1-2H3. The molecule has 0 bridgehead atoms. The second kappa shape index (κ2) is 6.41. The summed E-state index contributed by atoms with van der Waals surface area (Å²) in [5.41, 5.74) is 7.85. The highest BCUT2D eigenvalue weighted by atomic mass is 16.5. The van der Waals surface area contributed by atoms with Crippen molar-refractivity contribution < 1.29 is 4.74 Å². The fraction of sp³-hybridized carbons (Fsp3) is 0.333. The first-order chi connectivity index (χ1) is 9.20. The SMILES string of the molecule is COC(c1ccccc1)c1ncc(CC(C)N)cn1. The van der Waals surface area contributed by atoms with Crippen LogP contribution in [0.2, 0.25) is 0 Å². The van der Waals surface area contributed by atoms with Crippen LogP contribution in [0.3, 0.4) is 0 Å². The highest BCUT2D eigenvalue weighted by Crippen LogP contribution is 2.21. The molecule has 0 spiro atoms. The van der Waals surface area contributed by atoms with Crippen LogP contribution in [0.5, 0.6) is 0 Å². The van der Waals surface area contributed by atoms with Crippen LogP contribution in [0.25, 0.3) is 0 Å². The first-order valence-corrected chi connectivity index (χ1v) is 6.35. The van der Waals surface area contributed by atoms with Crippen molar-refractivity contribution in [3.8, 4) is 0 Å². The minimum Gasteiger partial charge on any atom is -0.369 e. The van der Waals surface area contributed by atoms with E-state index in [0.29, 0.717) is 5.82 Å². The van der Waals surface area contributed by atoms with Crippen molar-refractivity contribution in [2.75, 3.05) is 7.11 Å². The van der Waals surface area contributed by atoms with Gasteiger partial charge in [0.2, 0.25) is 0 Å². The molecule has 1 aromatic heterocycles. The summed E-state index contributed by atoms with van der Waals surface area (Å²) in [7, 11) is 1.66. The summed E-state index contributed by atoms with van der Waals surface area (Å²) >= 11 is 0. The van der Waals surface area contributed by atoms with Crippen LogP contribution < -0.4 is 5.73 Å². The fourth-order valence-electron chi connectivity index (χ4n) is 2.00. The molecular formula is C15H19N3O. The number of benzene rings is 1. The number of ether oxygens (including phenoxy) is 1. The van der Waals surface area contributed by atoms with E-state index in [0.717, 1.165) is 17.5 Å². The highest BCUT2D eigenvalue weighted by molar-refractivity contribution is 5.23. The molecule has 0 amide bonds. The van der Waals surface area contributed by atoms with Gasteiger partial charge in [0.15, 0.2) is 5.82 Å². The number of methoxy groups -OCH3 is 1. The largest absolute Gasteiger partial charge is 0.369 e. The first-order valence-electron chi connectivity index (χ1n) is 6.35. The fourth-order valence-corrected chi connectivity index (χ4v) is 2.00. The Morgan fingerprint density at radius 2 is 1.79 bits per heavy atom. The zero-order valence-electron chi connectivity index (χ0n) is 11.3. The van der Waals surface area contributed by atoms with Crippen LogP contribution in [-0.2, 0) is 11.2 Å². The van der Waals surface area contributed by atoms with Crippen LogP contribution in [0.1, 0.15) is 30.0 Å². The topological polar surface area (TPSA) is 61.0 Å². The Morgan fingerprint density at radius 3 is 2.32 bits per heavy atom. The van der Waals surface area contributed by atoms with Crippen molar-refractivity contribution in [3.05, 3.63) is 59.7 Å². The van der Waals surface area contributed by atoms with Crippen molar-refractivity contribution in [2.45, 2.75) is 25.5 Å². The van der Waals surface area contributed by atoms with Crippen LogP contribution in [-0.4, -0.2) is 23.1 Å². The molecule has 0 aliphatic carbocycles. The molecule has 100 valence electrons. The van der Waals surface area contributed by atoms with Crippen molar-refractivity contribution in [1.29, 1.82) is 0 Å². The van der Waals surface area contributed by atoms with Gasteiger partial charge in [-0.2, -0.15) is 0 Å². The van der Waals surface area contributed by atoms with Crippen molar-refractivity contribution in [2.24, 2.45) is 5.73 Å². The third-order valence-corrected chi connectivity index (χ3v) is 2.86. The van der Waals surface area contributed by atoms with E-state index in [1.807, 2.05) is 49.6 Å². The first kappa shape index (κ1) is 13.6. The van der Waals surface area contributed by atoms with E-state index in [1.165, 1.54) is 0 Å². The summed E-state index contributed by atoms with van der Waals surface area (Å²) in [6, 6.07) is 10.1. The van der Waals surface area contributed by atoms with Gasteiger partial charge in [-0.25, -0.2) is 9.97 Å². The molecule has 0 radical (unpaired) electrons. The van der Waals surface area contributed by atoms with Gasteiger partial charge in [0.05, 0.1) is 0 Å². The Balaban J connectivity index is 2.20. The van der Waals surface area contributed by atoms with Crippen molar-refractivity contribution in [3.63, 3.8) is 0 Å². The quantitative estimate of drug-likeness (QED) is 0.891. The maximum Gasteiger partial charge on any atom is 0.161 e. The predicted octanol–water partition coefficient (Wildman–Crippen LogP) is 2.10. The van der Waals surface area contributed by atoms with E-state index in [2.05, 4.69) is 9.97 Å². The smallest absolute Gasteiger partial charge is 0.161 e. The van der Waals surface area contributed by atoms with Crippen LogP contribution in [0, 0.1) is 0 Å². The molecule has 19 heavy (non-hydrogen) atoms. The second-order valence-corrected chi connectivity index (χ2v) is 4.66. The third-order valence-electron chi connectivity index (χ3n) is 2.86. The van der Waals surface area contributed by atoms with E-state index in [4.69, 9.17) is 10.5 Å². The number of nitrogens with zero attached hydrogens (tertiary/aromatic N) is 2. The summed E-state index contributed by atoms with van der Waals surface area (Å²) in [5.74, 6) is 0.669. The Bertz CT molecular complexity index is 497. The molecule has 0 aliphatic heterocycles. The molecule has 2 rings (SSSR count). The average Bonchev–Trinajstić information content (AvgIpc) is 2.42. The average molecular weight is 257 g/mol. The molecule has 2 N–H and O–H groups in total. The van der Waals surface area contributed by atoms with E-state index < -0.39 is 0 Å². The molecule has 1 aromatic carbocycles. The molecule has 0 aliphatic rings. The lowest BCUT2D eigenvalue weighted by atomic mass is 10.1. The molecule has 0 saturated heterocycles. The minimum absolute atomic E-state index is 0.113. The van der Waals surface area contributed by atoms with Crippen LogP contribution in [0.15, 0.2) is 42.7 Å². The number of aromatic nitrogens is 2. The lowest BCUT2D eigenvalue weighted by molar-refractivity contribution is 0.129. The van der Waals surface area contributed by atoms with Crippen molar-refractivity contribution in [1.82, 2.24) is 9.97 Å². The maximum atomic E-state index is 5.76. The third kappa shape index (κ3) is 3.59. The monoisotopic (exact) mass is 257 g/mol. The van der Waals surface area contributed by atoms with Gasteiger partial charge < -0.3 is 10.5 Å². The summed E-state index contributed by atoms with van der Waals surface area (Å²) in [4.78, 5) is 8.78. The Morgan fingerprint density at radius 1 is 1.16 bits per heavy atom. The lowest BCUT2D eigenvalue weighted by Crippen LogP contribution is -2.18. The molecule has 2 aromatic rings. The predicted molar refractivity (Wildman–Crippen MR) is 74.7 cm³/mol. The number of hydrogen-bond acceptors (Lipinski definition) is 4. The zero-order valence-corrected chi connectivity index (χ0v) is 11.3. The maximum absolute atomic E-state index is 5.76. The van der Waals surface area contributed by atoms with E-state index in [9.17, 15) is 0 Å². The van der Waals surface area contributed by atoms with Gasteiger partial charge in [-0.3, -0.25) is 0 Å². The Kier molecular flexibility index (Phi) is 4.60. The summed E-state index contributed by atoms with van der Waals surface area (Å²) < 4.78 is 5.49. The Labute approximate surface area is 113 Å². The Hall–Kier alpha value is -1.78. The van der Waals surface area contributed by atoms with Gasteiger partial charge in [0, 0.05) is 25.5 Å². The highest BCUT2D eigenvalue weighted by Gasteiger charge is 2.15. The van der Waals surface area contributed by atoms with Gasteiger partial charge in [0.25, 0.3) is 0 Å². The summed E-state index contributed by atoms with van der Waals surface area (Å²) in [6.45, 7) is 1.97. The van der Waals surface area contributed by atoms with Gasteiger partial charge in [-0.15, -0.1) is 0 Å². The van der Waals surface area contributed by atoms with E-state index in [-0.39, 0.29) is 12.1 Å². The van der Waals surface area contributed by atoms with Gasteiger partial charge in [-0.05, 0) is 24.5 Å². The van der Waals surface area contributed by atoms with E-state index in [1.54, 1.807) is 7.11 Å². The normalized spacial score (nSPS) is 14.1. The van der Waals surface area contributed by atoms with Crippen LogP contribution >= 0.6 is 0 Å². The van der Waals surface area contributed by atoms with Gasteiger partial charge in [-0.1, -0.05) is 30.3 Å². The molecular weight excluding hydrogens is 238 g/mol. The van der Waals surface area contributed by atoms with E-state index >= 15 is 0 Å². The van der Waals surface area contributed by atoms with Crippen molar-refractivity contribution >= 4 is 0 Å². The lowest BCUT2D eigenvalue weighted by Gasteiger charge is -2.14. The van der Waals surface area contributed by atoms with Crippen LogP contribution in [0.4, 0.5) is 0 Å². The molecule has 0 saturated carbocycles. The molecule has 2 atom stereocenters. The molecule has 2 unspecified atom stereocenters. The molecule has 1 heterocycles. The number of hydrogen-bond donors (Lipinski definition) is 1.